The van der Waals surface area contributed by atoms with Crippen molar-refractivity contribution in [3.8, 4) is 0 Å². The highest BCUT2D eigenvalue weighted by Gasteiger charge is 2.12. The van der Waals surface area contributed by atoms with E-state index < -0.39 is 0 Å². The van der Waals surface area contributed by atoms with E-state index in [2.05, 4.69) is 33.0 Å². The molecular formula is C16H35NO. The van der Waals surface area contributed by atoms with Crippen molar-refractivity contribution in [2.75, 3.05) is 19.7 Å². The highest BCUT2D eigenvalue weighted by atomic mass is 16.3. The molecule has 0 spiro atoms. The van der Waals surface area contributed by atoms with E-state index >= 15 is 0 Å². The highest BCUT2D eigenvalue weighted by Crippen LogP contribution is 2.22. The van der Waals surface area contributed by atoms with Crippen LogP contribution in [0.15, 0.2) is 0 Å². The van der Waals surface area contributed by atoms with Crippen LogP contribution in [0.2, 0.25) is 0 Å². The lowest BCUT2D eigenvalue weighted by molar-refractivity contribution is 0.281. The van der Waals surface area contributed by atoms with E-state index in [1.165, 1.54) is 32.1 Å². The van der Waals surface area contributed by atoms with Gasteiger partial charge in [-0.3, -0.25) is 0 Å². The standard InChI is InChI=1S/C16H35NO/c1-5-6-8-14(2)11-15(3)12-16(4)13-17-9-7-10-18/h14-18H,5-13H2,1-4H3. The van der Waals surface area contributed by atoms with Gasteiger partial charge in [0.1, 0.15) is 0 Å². The molecule has 2 heteroatoms. The molecule has 0 bridgehead atoms. The molecule has 2 nitrogen and oxygen atoms in total. The first-order chi connectivity index (χ1) is 8.60. The lowest BCUT2D eigenvalue weighted by Gasteiger charge is -2.21. The second-order valence-corrected chi connectivity index (χ2v) is 6.21. The third kappa shape index (κ3) is 11.0. The molecule has 0 aromatic carbocycles. The van der Waals surface area contributed by atoms with Crippen LogP contribution in [0.25, 0.3) is 0 Å². The maximum atomic E-state index is 8.71. The third-order valence-electron chi connectivity index (χ3n) is 3.66. The molecule has 0 radical (unpaired) electrons. The molecular weight excluding hydrogens is 222 g/mol. The second-order valence-electron chi connectivity index (χ2n) is 6.21. The molecule has 0 rings (SSSR count). The van der Waals surface area contributed by atoms with Crippen LogP contribution in [0.4, 0.5) is 0 Å². The van der Waals surface area contributed by atoms with E-state index in [-0.39, 0.29) is 0 Å². The zero-order valence-electron chi connectivity index (χ0n) is 13.0. The SMILES string of the molecule is CCCCC(C)CC(C)CC(C)CNCCCO. The third-order valence-corrected chi connectivity index (χ3v) is 3.66. The van der Waals surface area contributed by atoms with Crippen molar-refractivity contribution in [3.63, 3.8) is 0 Å². The van der Waals surface area contributed by atoms with E-state index in [0.717, 1.165) is 37.3 Å². The van der Waals surface area contributed by atoms with E-state index in [1.807, 2.05) is 0 Å². The van der Waals surface area contributed by atoms with Gasteiger partial charge in [0.05, 0.1) is 0 Å². The topological polar surface area (TPSA) is 32.3 Å². The fourth-order valence-corrected chi connectivity index (χ4v) is 2.78. The number of rotatable bonds is 12. The average molecular weight is 257 g/mol. The minimum Gasteiger partial charge on any atom is -0.396 e. The van der Waals surface area contributed by atoms with Gasteiger partial charge >= 0.3 is 0 Å². The molecule has 0 aliphatic carbocycles. The van der Waals surface area contributed by atoms with Crippen LogP contribution >= 0.6 is 0 Å². The summed E-state index contributed by atoms with van der Waals surface area (Å²) in [4.78, 5) is 0. The maximum Gasteiger partial charge on any atom is 0.0443 e. The number of aliphatic hydroxyl groups excluding tert-OH is 1. The molecule has 0 aliphatic rings. The number of aliphatic hydroxyl groups is 1. The van der Waals surface area contributed by atoms with E-state index in [4.69, 9.17) is 5.11 Å². The molecule has 0 saturated heterocycles. The highest BCUT2D eigenvalue weighted by molar-refractivity contribution is 4.65. The Balaban J connectivity index is 3.56. The van der Waals surface area contributed by atoms with Crippen LogP contribution in [0.1, 0.15) is 66.2 Å². The largest absolute Gasteiger partial charge is 0.396 e. The summed E-state index contributed by atoms with van der Waals surface area (Å²) in [6.45, 7) is 11.7. The Bertz CT molecular complexity index is 172. The summed E-state index contributed by atoms with van der Waals surface area (Å²) in [6.07, 6.45) is 7.67. The van der Waals surface area contributed by atoms with Gasteiger partial charge in [0.15, 0.2) is 0 Å². The number of hydrogen-bond acceptors (Lipinski definition) is 2. The average Bonchev–Trinajstić information content (AvgIpc) is 2.31. The molecule has 0 aromatic rings. The first-order valence-electron chi connectivity index (χ1n) is 7.91. The summed E-state index contributed by atoms with van der Waals surface area (Å²) in [5, 5.41) is 12.1. The van der Waals surface area contributed by atoms with Crippen LogP contribution in [0.5, 0.6) is 0 Å². The Morgan fingerprint density at radius 1 is 0.944 bits per heavy atom. The molecule has 0 fully saturated rings. The summed E-state index contributed by atoms with van der Waals surface area (Å²) in [6, 6.07) is 0. The summed E-state index contributed by atoms with van der Waals surface area (Å²) in [5.41, 5.74) is 0. The van der Waals surface area contributed by atoms with Crippen molar-refractivity contribution in [1.82, 2.24) is 5.32 Å². The summed E-state index contributed by atoms with van der Waals surface area (Å²) in [5.74, 6) is 2.47. The van der Waals surface area contributed by atoms with Gasteiger partial charge in [0.2, 0.25) is 0 Å². The molecule has 0 aliphatic heterocycles. The number of hydrogen-bond donors (Lipinski definition) is 2. The van der Waals surface area contributed by atoms with Crippen LogP contribution in [-0.4, -0.2) is 24.8 Å². The van der Waals surface area contributed by atoms with Crippen molar-refractivity contribution in [2.24, 2.45) is 17.8 Å². The molecule has 0 heterocycles. The minimum atomic E-state index is 0.298. The molecule has 2 N–H and O–H groups in total. The van der Waals surface area contributed by atoms with E-state index in [9.17, 15) is 0 Å². The molecule has 18 heavy (non-hydrogen) atoms. The summed E-state index contributed by atoms with van der Waals surface area (Å²) >= 11 is 0. The van der Waals surface area contributed by atoms with Crippen molar-refractivity contribution < 1.29 is 5.11 Å². The quantitative estimate of drug-likeness (QED) is 0.521. The Labute approximate surface area is 115 Å². The first-order valence-corrected chi connectivity index (χ1v) is 7.91. The molecule has 3 unspecified atom stereocenters. The lowest BCUT2D eigenvalue weighted by atomic mass is 9.87. The molecule has 0 saturated carbocycles. The van der Waals surface area contributed by atoms with Gasteiger partial charge in [0.25, 0.3) is 0 Å². The first kappa shape index (κ1) is 17.9. The van der Waals surface area contributed by atoms with Crippen molar-refractivity contribution >= 4 is 0 Å². The second kappa shape index (κ2) is 12.0. The van der Waals surface area contributed by atoms with Gasteiger partial charge in [0, 0.05) is 6.61 Å². The van der Waals surface area contributed by atoms with Crippen molar-refractivity contribution in [2.45, 2.75) is 66.2 Å². The van der Waals surface area contributed by atoms with Gasteiger partial charge in [-0.05, 0) is 50.1 Å². The Kier molecular flexibility index (Phi) is 11.9. The Morgan fingerprint density at radius 2 is 1.61 bits per heavy atom. The predicted octanol–water partition coefficient (Wildman–Crippen LogP) is 3.84. The fraction of sp³-hybridized carbons (Fsp3) is 1.00. The molecule has 3 atom stereocenters. The van der Waals surface area contributed by atoms with Crippen molar-refractivity contribution in [1.29, 1.82) is 0 Å². The normalized spacial score (nSPS) is 16.5. The summed E-state index contributed by atoms with van der Waals surface area (Å²) in [7, 11) is 0. The van der Waals surface area contributed by atoms with Crippen LogP contribution in [0.3, 0.4) is 0 Å². The van der Waals surface area contributed by atoms with Crippen LogP contribution < -0.4 is 5.32 Å². The van der Waals surface area contributed by atoms with Gasteiger partial charge in [-0.15, -0.1) is 0 Å². The van der Waals surface area contributed by atoms with Gasteiger partial charge in [-0.2, -0.15) is 0 Å². The smallest absolute Gasteiger partial charge is 0.0443 e. The molecule has 0 amide bonds. The Hall–Kier alpha value is -0.0800. The van der Waals surface area contributed by atoms with Gasteiger partial charge in [-0.1, -0.05) is 47.0 Å². The van der Waals surface area contributed by atoms with Crippen LogP contribution in [0, 0.1) is 17.8 Å². The van der Waals surface area contributed by atoms with Gasteiger partial charge < -0.3 is 10.4 Å². The van der Waals surface area contributed by atoms with Crippen molar-refractivity contribution in [3.05, 3.63) is 0 Å². The number of unbranched alkanes of at least 4 members (excludes halogenated alkanes) is 1. The van der Waals surface area contributed by atoms with E-state index in [1.54, 1.807) is 0 Å². The zero-order valence-corrected chi connectivity index (χ0v) is 13.0. The molecule has 110 valence electrons. The van der Waals surface area contributed by atoms with Crippen LogP contribution in [-0.2, 0) is 0 Å². The van der Waals surface area contributed by atoms with E-state index in [0.29, 0.717) is 6.61 Å². The Morgan fingerprint density at radius 3 is 2.22 bits per heavy atom. The zero-order chi connectivity index (χ0) is 13.8. The number of nitrogens with one attached hydrogen (secondary N) is 1. The minimum absolute atomic E-state index is 0.298. The lowest BCUT2D eigenvalue weighted by Crippen LogP contribution is -2.24. The maximum absolute atomic E-state index is 8.71. The monoisotopic (exact) mass is 257 g/mol. The fourth-order valence-electron chi connectivity index (χ4n) is 2.78. The van der Waals surface area contributed by atoms with Gasteiger partial charge in [-0.25, -0.2) is 0 Å². The molecule has 0 aromatic heterocycles. The summed E-state index contributed by atoms with van der Waals surface area (Å²) < 4.78 is 0. The predicted molar refractivity (Wildman–Crippen MR) is 80.8 cm³/mol.